The number of hydrogen-bond acceptors (Lipinski definition) is 3. The van der Waals surface area contributed by atoms with Crippen LogP contribution in [0.4, 0.5) is 0 Å². The van der Waals surface area contributed by atoms with Crippen LogP contribution in [0.2, 0.25) is 0 Å². The number of nitrogens with two attached hydrogens (primary N) is 1. The average molecular weight is 246 g/mol. The van der Waals surface area contributed by atoms with Crippen LogP contribution in [-0.2, 0) is 4.79 Å². The molecule has 4 heteroatoms. The first-order valence-corrected chi connectivity index (χ1v) is 6.61. The number of carboxylic acid groups (broad SMARTS) is 1. The third-order valence-corrected chi connectivity index (χ3v) is 2.30. The van der Waals surface area contributed by atoms with Crippen LogP contribution in [0, 0.1) is 0 Å². The molecule has 0 amide bonds. The van der Waals surface area contributed by atoms with Crippen molar-refractivity contribution >= 4 is 5.97 Å². The van der Waals surface area contributed by atoms with Crippen LogP contribution >= 0.6 is 0 Å². The number of carbonyl (C=O) groups is 1. The fourth-order valence-corrected chi connectivity index (χ4v) is 1.29. The summed E-state index contributed by atoms with van der Waals surface area (Å²) < 4.78 is 0. The van der Waals surface area contributed by atoms with E-state index in [4.69, 9.17) is 10.8 Å². The molecule has 0 aliphatic carbocycles. The summed E-state index contributed by atoms with van der Waals surface area (Å²) in [5.74, 6) is -0.670. The fraction of sp³-hybridized carbons (Fsp3) is 0.923. The van der Waals surface area contributed by atoms with Gasteiger partial charge in [-0.3, -0.25) is 4.79 Å². The minimum atomic E-state index is -0.670. The summed E-state index contributed by atoms with van der Waals surface area (Å²) in [6.45, 7) is 4.06. The van der Waals surface area contributed by atoms with E-state index >= 15 is 0 Å². The molecule has 0 aromatic heterocycles. The first kappa shape index (κ1) is 18.7. The van der Waals surface area contributed by atoms with E-state index < -0.39 is 5.97 Å². The second-order valence-electron chi connectivity index (χ2n) is 4.50. The van der Waals surface area contributed by atoms with Gasteiger partial charge in [0.05, 0.1) is 0 Å². The molecule has 0 atom stereocenters. The van der Waals surface area contributed by atoms with Crippen LogP contribution in [0.25, 0.3) is 0 Å². The molecule has 0 heterocycles. The summed E-state index contributed by atoms with van der Waals surface area (Å²) in [4.78, 5) is 12.2. The molecule has 0 bridgehead atoms. The topological polar surface area (TPSA) is 66.6 Å². The van der Waals surface area contributed by atoms with Gasteiger partial charge in [0.25, 0.3) is 0 Å². The highest BCUT2D eigenvalue weighted by atomic mass is 16.4. The maximum Gasteiger partial charge on any atom is 0.303 e. The second kappa shape index (κ2) is 15.4. The minimum absolute atomic E-state index is 0.337. The van der Waals surface area contributed by atoms with E-state index in [-0.39, 0.29) is 0 Å². The number of unbranched alkanes of at least 4 members (excludes halogenated alkanes) is 4. The fourth-order valence-electron chi connectivity index (χ4n) is 1.29. The van der Waals surface area contributed by atoms with Crippen molar-refractivity contribution in [3.63, 3.8) is 0 Å². The predicted molar refractivity (Wildman–Crippen MR) is 73.2 cm³/mol. The van der Waals surface area contributed by atoms with Gasteiger partial charge < -0.3 is 15.7 Å². The Morgan fingerprint density at radius 3 is 2.06 bits per heavy atom. The van der Waals surface area contributed by atoms with E-state index in [1.165, 1.54) is 19.3 Å². The Balaban J connectivity index is 0. The number of rotatable bonds is 9. The normalized spacial score (nSPS) is 9.94. The van der Waals surface area contributed by atoms with Crippen LogP contribution in [0.5, 0.6) is 0 Å². The zero-order chi connectivity index (χ0) is 13.5. The molecule has 104 valence electrons. The van der Waals surface area contributed by atoms with Gasteiger partial charge in [-0.2, -0.15) is 0 Å². The molecule has 17 heavy (non-hydrogen) atoms. The van der Waals surface area contributed by atoms with Crippen molar-refractivity contribution in [2.24, 2.45) is 5.73 Å². The summed E-state index contributed by atoms with van der Waals surface area (Å²) in [5.41, 5.74) is 5.25. The molecule has 0 unspecified atom stereocenters. The SMILES string of the molecule is CCCCCCCC(=O)O.CN(C)CCCN. The summed E-state index contributed by atoms with van der Waals surface area (Å²) in [6.07, 6.45) is 6.99. The Kier molecular flexibility index (Phi) is 17.0. The molecule has 0 spiro atoms. The van der Waals surface area contributed by atoms with Crippen LogP contribution in [-0.4, -0.2) is 43.2 Å². The Hall–Kier alpha value is -0.610. The molecule has 0 aliphatic heterocycles. The van der Waals surface area contributed by atoms with E-state index in [1.807, 2.05) is 0 Å². The van der Waals surface area contributed by atoms with Gasteiger partial charge in [-0.1, -0.05) is 32.6 Å². The molecule has 0 saturated heterocycles. The molecule has 0 saturated carbocycles. The molecule has 3 N–H and O–H groups in total. The first-order valence-electron chi connectivity index (χ1n) is 6.61. The van der Waals surface area contributed by atoms with Crippen LogP contribution in [0.15, 0.2) is 0 Å². The molecule has 4 nitrogen and oxygen atoms in total. The number of aliphatic carboxylic acids is 1. The smallest absolute Gasteiger partial charge is 0.303 e. The van der Waals surface area contributed by atoms with E-state index in [1.54, 1.807) is 0 Å². The quantitative estimate of drug-likeness (QED) is 0.613. The standard InChI is InChI=1S/C8H16O2.C5H14N2/c1-2-3-4-5-6-7-8(9)10;1-7(2)5-3-4-6/h2-7H2,1H3,(H,9,10);3-6H2,1-2H3. The molecule has 0 aromatic rings. The summed E-state index contributed by atoms with van der Waals surface area (Å²) >= 11 is 0. The predicted octanol–water partition coefficient (Wildman–Crippen LogP) is 2.33. The van der Waals surface area contributed by atoms with Crippen molar-refractivity contribution in [1.82, 2.24) is 4.90 Å². The van der Waals surface area contributed by atoms with Gasteiger partial charge in [-0.15, -0.1) is 0 Å². The lowest BCUT2D eigenvalue weighted by Crippen LogP contribution is -2.16. The van der Waals surface area contributed by atoms with Crippen LogP contribution in [0.3, 0.4) is 0 Å². The van der Waals surface area contributed by atoms with Crippen molar-refractivity contribution in [1.29, 1.82) is 0 Å². The third-order valence-electron chi connectivity index (χ3n) is 2.30. The highest BCUT2D eigenvalue weighted by Crippen LogP contribution is 2.04. The van der Waals surface area contributed by atoms with E-state index in [0.29, 0.717) is 6.42 Å². The zero-order valence-electron chi connectivity index (χ0n) is 11.7. The van der Waals surface area contributed by atoms with E-state index in [0.717, 1.165) is 32.4 Å². The Labute approximate surface area is 106 Å². The number of carboxylic acids is 1. The van der Waals surface area contributed by atoms with Crippen molar-refractivity contribution < 1.29 is 9.90 Å². The van der Waals surface area contributed by atoms with Gasteiger partial charge in [0.1, 0.15) is 0 Å². The van der Waals surface area contributed by atoms with Gasteiger partial charge in [0.15, 0.2) is 0 Å². The van der Waals surface area contributed by atoms with Gasteiger partial charge in [0.2, 0.25) is 0 Å². The number of hydrogen-bond donors (Lipinski definition) is 2. The van der Waals surface area contributed by atoms with Crippen molar-refractivity contribution in [3.05, 3.63) is 0 Å². The minimum Gasteiger partial charge on any atom is -0.481 e. The van der Waals surface area contributed by atoms with Crippen molar-refractivity contribution in [2.75, 3.05) is 27.2 Å². The van der Waals surface area contributed by atoms with Gasteiger partial charge >= 0.3 is 5.97 Å². The summed E-state index contributed by atoms with van der Waals surface area (Å²) in [6, 6.07) is 0. The van der Waals surface area contributed by atoms with E-state index in [2.05, 4.69) is 25.9 Å². The molecule has 0 radical (unpaired) electrons. The molecule has 0 fully saturated rings. The molecule has 0 aliphatic rings. The lowest BCUT2D eigenvalue weighted by molar-refractivity contribution is -0.137. The summed E-state index contributed by atoms with van der Waals surface area (Å²) in [7, 11) is 4.10. The highest BCUT2D eigenvalue weighted by molar-refractivity contribution is 5.66. The Morgan fingerprint density at radius 2 is 1.71 bits per heavy atom. The maximum atomic E-state index is 10.0. The third kappa shape index (κ3) is 25.6. The van der Waals surface area contributed by atoms with E-state index in [9.17, 15) is 4.79 Å². The maximum absolute atomic E-state index is 10.0. The average Bonchev–Trinajstić information content (AvgIpc) is 2.26. The van der Waals surface area contributed by atoms with Gasteiger partial charge in [0, 0.05) is 6.42 Å². The lowest BCUT2D eigenvalue weighted by Gasteiger charge is -2.05. The van der Waals surface area contributed by atoms with Crippen molar-refractivity contribution in [2.45, 2.75) is 51.9 Å². The number of nitrogens with zero attached hydrogens (tertiary/aromatic N) is 1. The first-order chi connectivity index (χ1) is 8.04. The molecule has 0 rings (SSSR count). The molecular weight excluding hydrogens is 216 g/mol. The Bertz CT molecular complexity index is 161. The van der Waals surface area contributed by atoms with Crippen LogP contribution < -0.4 is 5.73 Å². The zero-order valence-corrected chi connectivity index (χ0v) is 11.7. The summed E-state index contributed by atoms with van der Waals surface area (Å²) in [5, 5.41) is 8.27. The second-order valence-corrected chi connectivity index (χ2v) is 4.50. The van der Waals surface area contributed by atoms with Crippen molar-refractivity contribution in [3.8, 4) is 0 Å². The monoisotopic (exact) mass is 246 g/mol. The highest BCUT2D eigenvalue weighted by Gasteiger charge is 1.94. The van der Waals surface area contributed by atoms with Gasteiger partial charge in [-0.25, -0.2) is 0 Å². The lowest BCUT2D eigenvalue weighted by atomic mass is 10.1. The van der Waals surface area contributed by atoms with Gasteiger partial charge in [-0.05, 0) is 40.0 Å². The van der Waals surface area contributed by atoms with Crippen LogP contribution in [0.1, 0.15) is 51.9 Å². The largest absolute Gasteiger partial charge is 0.481 e. The molecular formula is C13H30N2O2. The molecule has 0 aromatic carbocycles. The Morgan fingerprint density at radius 1 is 1.12 bits per heavy atom.